The number of aliphatic hydroxyl groups is 1. The fourth-order valence-corrected chi connectivity index (χ4v) is 13.5. The van der Waals surface area contributed by atoms with Crippen LogP contribution >= 0.6 is 15.6 Å². The van der Waals surface area contributed by atoms with E-state index >= 15 is 0 Å². The van der Waals surface area contributed by atoms with E-state index in [1.54, 1.807) is 0 Å². The fourth-order valence-electron chi connectivity index (χ4n) is 11.9. The number of esters is 4. The first-order valence-electron chi connectivity index (χ1n) is 40.6. The molecule has 0 aliphatic heterocycles. The van der Waals surface area contributed by atoms with Gasteiger partial charge in [-0.3, -0.25) is 37.3 Å². The number of phosphoric acid groups is 2. The summed E-state index contributed by atoms with van der Waals surface area (Å²) in [5, 5.41) is 10.6. The molecule has 7 atom stereocenters. The number of phosphoric ester groups is 2. The van der Waals surface area contributed by atoms with Gasteiger partial charge in [-0.25, -0.2) is 9.13 Å². The molecule has 0 bridgehead atoms. The summed E-state index contributed by atoms with van der Waals surface area (Å²) in [7, 11) is -9.90. The molecule has 0 aromatic carbocycles. The predicted molar refractivity (Wildman–Crippen MR) is 395 cm³/mol. The van der Waals surface area contributed by atoms with Crippen LogP contribution in [-0.4, -0.2) is 96.7 Å². The van der Waals surface area contributed by atoms with Gasteiger partial charge in [-0.2, -0.15) is 0 Å². The van der Waals surface area contributed by atoms with Crippen LogP contribution < -0.4 is 0 Å². The number of carbonyl (C=O) groups is 4. The molecule has 97 heavy (non-hydrogen) atoms. The Balaban J connectivity index is 5.14. The molecule has 0 aliphatic rings. The van der Waals surface area contributed by atoms with Gasteiger partial charge in [0.05, 0.1) is 26.4 Å². The molecule has 0 spiro atoms. The van der Waals surface area contributed by atoms with Crippen molar-refractivity contribution in [2.75, 3.05) is 39.6 Å². The average Bonchev–Trinajstić information content (AvgIpc) is 1.67. The second kappa shape index (κ2) is 69.8. The Morgan fingerprint density at radius 3 is 0.732 bits per heavy atom. The van der Waals surface area contributed by atoms with Gasteiger partial charge in [-0.05, 0) is 37.5 Å². The van der Waals surface area contributed by atoms with Gasteiger partial charge in [0.2, 0.25) is 0 Å². The number of hydrogen-bond acceptors (Lipinski definition) is 15. The molecule has 19 heteroatoms. The summed E-state index contributed by atoms with van der Waals surface area (Å²) in [5.41, 5.74) is 0. The molecule has 576 valence electrons. The molecule has 3 N–H and O–H groups in total. The van der Waals surface area contributed by atoms with Crippen LogP contribution in [0.1, 0.15) is 408 Å². The summed E-state index contributed by atoms with van der Waals surface area (Å²) in [4.78, 5) is 72.6. The highest BCUT2D eigenvalue weighted by Gasteiger charge is 2.30. The lowest BCUT2D eigenvalue weighted by molar-refractivity contribution is -0.161. The normalized spacial score (nSPS) is 14.5. The lowest BCUT2D eigenvalue weighted by Gasteiger charge is -2.21. The smallest absolute Gasteiger partial charge is 0.462 e. The standard InChI is InChI=1S/C78H152O17P2/c1-7-11-13-15-16-17-18-19-20-21-22-23-24-25-30-33-39-44-50-56-62-78(83)95-74(67-89-76(81)61-55-49-43-38-32-29-27-26-28-31-36-41-47-52-58-70(5)9-3)69-93-97(86,87)91-65-72(79)64-90-96(84,85)92-68-73(66-88-75(80)60-54-46-14-12-8-2)94-77(82)63-57-51-45-40-35-34-37-42-48-53-59-71(6)10-4/h70-74,79H,7-69H2,1-6H3,(H,84,85)(H,86,87)/t70?,71?,72-,73+,74+/m0/s1. The molecule has 0 aromatic heterocycles. The highest BCUT2D eigenvalue weighted by atomic mass is 31.2. The van der Waals surface area contributed by atoms with Crippen LogP contribution in [0.5, 0.6) is 0 Å². The molecular formula is C78H152O17P2. The van der Waals surface area contributed by atoms with E-state index in [1.165, 1.54) is 218 Å². The largest absolute Gasteiger partial charge is 0.472 e. The van der Waals surface area contributed by atoms with Crippen molar-refractivity contribution in [1.29, 1.82) is 0 Å². The molecule has 4 unspecified atom stereocenters. The van der Waals surface area contributed by atoms with Crippen molar-refractivity contribution in [2.24, 2.45) is 11.8 Å². The van der Waals surface area contributed by atoms with Gasteiger partial charge in [0.1, 0.15) is 19.3 Å². The number of ether oxygens (including phenoxy) is 4. The van der Waals surface area contributed by atoms with Gasteiger partial charge in [0.15, 0.2) is 12.2 Å². The first kappa shape index (κ1) is 95.1. The minimum atomic E-state index is -4.96. The van der Waals surface area contributed by atoms with Crippen molar-refractivity contribution >= 4 is 39.5 Å². The second-order valence-electron chi connectivity index (χ2n) is 28.6. The Morgan fingerprint density at radius 1 is 0.289 bits per heavy atom. The molecule has 0 saturated carbocycles. The maximum absolute atomic E-state index is 13.1. The highest BCUT2D eigenvalue weighted by Crippen LogP contribution is 2.45. The van der Waals surface area contributed by atoms with Crippen molar-refractivity contribution < 1.29 is 80.2 Å². The van der Waals surface area contributed by atoms with Gasteiger partial charge < -0.3 is 33.8 Å². The van der Waals surface area contributed by atoms with Crippen molar-refractivity contribution in [2.45, 2.75) is 426 Å². The SMILES string of the molecule is CCCCCCCCCCCCCCCCCCCCCCC(=O)O[C@H](COC(=O)CCCCCCCCCCCCCCCCC(C)CC)COP(=O)(O)OC[C@@H](O)COP(=O)(O)OC[C@@H](COC(=O)CCCCCCC)OC(=O)CCCCCCCCCCCCC(C)CC. The van der Waals surface area contributed by atoms with Crippen molar-refractivity contribution in [3.8, 4) is 0 Å². The van der Waals surface area contributed by atoms with Crippen LogP contribution in [-0.2, 0) is 65.4 Å². The summed E-state index contributed by atoms with van der Waals surface area (Å²) >= 11 is 0. The number of unbranched alkanes of at least 4 members (excludes halogenated alkanes) is 45. The summed E-state index contributed by atoms with van der Waals surface area (Å²) in [6.45, 7) is 9.60. The molecule has 0 fully saturated rings. The highest BCUT2D eigenvalue weighted by molar-refractivity contribution is 7.47. The van der Waals surface area contributed by atoms with Crippen LogP contribution in [0.4, 0.5) is 0 Å². The van der Waals surface area contributed by atoms with Gasteiger partial charge >= 0.3 is 39.5 Å². The van der Waals surface area contributed by atoms with Crippen LogP contribution in [0.2, 0.25) is 0 Å². The average molecular weight is 1420 g/mol. The van der Waals surface area contributed by atoms with E-state index in [4.69, 9.17) is 37.0 Å². The van der Waals surface area contributed by atoms with Gasteiger partial charge in [0, 0.05) is 25.7 Å². The Bertz CT molecular complexity index is 1880. The molecular weight excluding hydrogens is 1270 g/mol. The zero-order valence-corrected chi connectivity index (χ0v) is 65.2. The predicted octanol–water partition coefficient (Wildman–Crippen LogP) is 23.1. The van der Waals surface area contributed by atoms with E-state index in [0.717, 1.165) is 108 Å². The maximum Gasteiger partial charge on any atom is 0.472 e. The first-order chi connectivity index (χ1) is 46.9. The second-order valence-corrected chi connectivity index (χ2v) is 31.5. The number of carbonyl (C=O) groups excluding carboxylic acids is 4. The van der Waals surface area contributed by atoms with Crippen LogP contribution in [0.25, 0.3) is 0 Å². The third-order valence-corrected chi connectivity index (χ3v) is 20.8. The molecule has 0 heterocycles. The van der Waals surface area contributed by atoms with E-state index in [9.17, 15) is 43.2 Å². The van der Waals surface area contributed by atoms with Gasteiger partial charge in [-0.1, -0.05) is 356 Å². The fraction of sp³-hybridized carbons (Fsp3) is 0.949. The monoisotopic (exact) mass is 1420 g/mol. The Hall–Kier alpha value is -1.94. The molecule has 0 radical (unpaired) electrons. The zero-order chi connectivity index (χ0) is 71.4. The summed E-state index contributed by atoms with van der Waals surface area (Å²) in [6, 6.07) is 0. The summed E-state index contributed by atoms with van der Waals surface area (Å²) in [6.07, 6.45) is 58.6. The number of aliphatic hydroxyl groups excluding tert-OH is 1. The third kappa shape index (κ3) is 69.5. The van der Waals surface area contributed by atoms with Crippen molar-refractivity contribution in [1.82, 2.24) is 0 Å². The zero-order valence-electron chi connectivity index (χ0n) is 63.4. The van der Waals surface area contributed by atoms with E-state index in [0.29, 0.717) is 25.7 Å². The van der Waals surface area contributed by atoms with E-state index in [1.807, 2.05) is 0 Å². The molecule has 17 nitrogen and oxygen atoms in total. The van der Waals surface area contributed by atoms with E-state index in [2.05, 4.69) is 41.5 Å². The molecule has 0 aromatic rings. The number of rotatable bonds is 77. The Kier molecular flexibility index (Phi) is 68.4. The van der Waals surface area contributed by atoms with Crippen molar-refractivity contribution in [3.63, 3.8) is 0 Å². The summed E-state index contributed by atoms with van der Waals surface area (Å²) in [5.74, 6) is -0.471. The minimum Gasteiger partial charge on any atom is -0.462 e. The van der Waals surface area contributed by atoms with Crippen LogP contribution in [0, 0.1) is 11.8 Å². The van der Waals surface area contributed by atoms with Gasteiger partial charge in [0.25, 0.3) is 0 Å². The molecule has 0 saturated heterocycles. The Morgan fingerprint density at radius 2 is 0.495 bits per heavy atom. The first-order valence-corrected chi connectivity index (χ1v) is 43.6. The topological polar surface area (TPSA) is 237 Å². The van der Waals surface area contributed by atoms with Crippen molar-refractivity contribution in [3.05, 3.63) is 0 Å². The molecule has 0 aliphatic carbocycles. The summed E-state index contributed by atoms with van der Waals surface area (Å²) < 4.78 is 68.4. The number of hydrogen-bond donors (Lipinski definition) is 3. The van der Waals surface area contributed by atoms with Gasteiger partial charge in [-0.15, -0.1) is 0 Å². The van der Waals surface area contributed by atoms with Crippen LogP contribution in [0.15, 0.2) is 0 Å². The molecule has 0 rings (SSSR count). The lowest BCUT2D eigenvalue weighted by atomic mass is 9.99. The molecule has 0 amide bonds. The minimum absolute atomic E-state index is 0.105. The Labute approximate surface area is 594 Å². The lowest BCUT2D eigenvalue weighted by Crippen LogP contribution is -2.30. The third-order valence-electron chi connectivity index (χ3n) is 18.9. The maximum atomic E-state index is 13.1. The van der Waals surface area contributed by atoms with E-state index < -0.39 is 97.5 Å². The van der Waals surface area contributed by atoms with E-state index in [-0.39, 0.29) is 25.7 Å². The van der Waals surface area contributed by atoms with Crippen LogP contribution in [0.3, 0.4) is 0 Å². The quantitative estimate of drug-likeness (QED) is 0.0222.